The van der Waals surface area contributed by atoms with Crippen molar-refractivity contribution in [3.8, 4) is 0 Å². The molecule has 0 spiro atoms. The first-order chi connectivity index (χ1) is 15.3. The second kappa shape index (κ2) is 7.96. The topological polar surface area (TPSA) is 63.6 Å². The van der Waals surface area contributed by atoms with Crippen LogP contribution in [-0.4, -0.2) is 40.4 Å². The molecule has 0 aliphatic heterocycles. The van der Waals surface area contributed by atoms with E-state index in [0.29, 0.717) is 25.7 Å². The molecule has 7 heteroatoms. The van der Waals surface area contributed by atoms with Gasteiger partial charge in [-0.2, -0.15) is 0 Å². The Morgan fingerprint density at radius 2 is 1.97 bits per heavy atom. The van der Waals surface area contributed by atoms with Crippen LogP contribution in [0.3, 0.4) is 0 Å². The number of esters is 1. The molecule has 3 fully saturated rings. The number of aliphatic hydroxyl groups is 1. The summed E-state index contributed by atoms with van der Waals surface area (Å²) in [5.41, 5.74) is -5.40. The van der Waals surface area contributed by atoms with Gasteiger partial charge in [0, 0.05) is 22.3 Å². The zero-order valence-corrected chi connectivity index (χ0v) is 19.9. The van der Waals surface area contributed by atoms with Gasteiger partial charge in [-0.1, -0.05) is 26.3 Å². The summed E-state index contributed by atoms with van der Waals surface area (Å²) in [6, 6.07) is 0. The highest BCUT2D eigenvalue weighted by Crippen LogP contribution is 2.68. The Bertz CT molecular complexity index is 911. The number of carbonyl (C=O) groups excluding carboxylic acids is 2. The molecule has 4 nitrogen and oxygen atoms in total. The van der Waals surface area contributed by atoms with E-state index in [-0.39, 0.29) is 30.8 Å². The summed E-state index contributed by atoms with van der Waals surface area (Å²) in [6.07, 6.45) is 2.79. The summed E-state index contributed by atoms with van der Waals surface area (Å²) in [7, 11) is 0. The van der Waals surface area contributed by atoms with Crippen molar-refractivity contribution >= 4 is 11.8 Å². The summed E-state index contributed by atoms with van der Waals surface area (Å²) in [4.78, 5) is 24.4. The summed E-state index contributed by atoms with van der Waals surface area (Å²) in [5, 5.41) is 10.4. The molecule has 33 heavy (non-hydrogen) atoms. The summed E-state index contributed by atoms with van der Waals surface area (Å²) in [6.45, 7) is 7.04. The van der Waals surface area contributed by atoms with E-state index in [9.17, 15) is 19.1 Å². The Kier molecular flexibility index (Phi) is 5.91. The quantitative estimate of drug-likeness (QED) is 0.543. The van der Waals surface area contributed by atoms with Crippen LogP contribution in [0.1, 0.15) is 79.1 Å². The van der Waals surface area contributed by atoms with Crippen molar-refractivity contribution < 1.29 is 32.6 Å². The molecule has 3 saturated carbocycles. The summed E-state index contributed by atoms with van der Waals surface area (Å²) < 4.78 is 52.7. The fraction of sp³-hybridized carbons (Fsp3) is 0.769. The minimum absolute atomic E-state index is 0.0742. The van der Waals surface area contributed by atoms with Crippen LogP contribution in [0.25, 0.3) is 0 Å². The van der Waals surface area contributed by atoms with Crippen LogP contribution in [-0.2, 0) is 14.3 Å². The number of carbonyl (C=O) groups is 2. The van der Waals surface area contributed by atoms with Crippen molar-refractivity contribution in [2.24, 2.45) is 22.7 Å². The van der Waals surface area contributed by atoms with E-state index < -0.39 is 57.9 Å². The summed E-state index contributed by atoms with van der Waals surface area (Å²) in [5.74, 6) is -3.43. The van der Waals surface area contributed by atoms with Gasteiger partial charge in [0.1, 0.15) is 17.9 Å². The van der Waals surface area contributed by atoms with Gasteiger partial charge in [-0.3, -0.25) is 9.59 Å². The monoisotopic (exact) mass is 468 g/mol. The van der Waals surface area contributed by atoms with E-state index >= 15 is 8.78 Å². The minimum atomic E-state index is -1.88. The predicted molar refractivity (Wildman–Crippen MR) is 117 cm³/mol. The first kappa shape index (κ1) is 24.5. The molecule has 4 aliphatic rings. The Labute approximate surface area is 193 Å². The van der Waals surface area contributed by atoms with E-state index in [1.165, 1.54) is 13.0 Å². The maximum absolute atomic E-state index is 16.8. The van der Waals surface area contributed by atoms with Gasteiger partial charge in [-0.05, 0) is 64.4 Å². The number of allylic oxidation sites excluding steroid dienone is 4. The Morgan fingerprint density at radius 3 is 2.64 bits per heavy atom. The SMILES string of the molecule is CCCC(C)(O)CC(=O)O[C@@H]1CC[C@H]2[C@@H]3C[C@H](F)C4=C(F)C(=O)C=C[C@]4(C)[C@@]3(F)CC[C@]12C. The van der Waals surface area contributed by atoms with E-state index in [1.54, 1.807) is 6.92 Å². The van der Waals surface area contributed by atoms with Gasteiger partial charge in [-0.15, -0.1) is 0 Å². The standard InChI is InChI=1S/C26H35F3O4/c1-5-9-23(2,32)14-20(31)33-19-7-6-15-16-13-17(27)21-22(28)18(30)8-10-25(21,4)26(16,29)12-11-24(15,19)3/h8,10,15-17,19,32H,5-7,9,11-14H2,1-4H3/t15-,16-,17-,19+,23?,24-,25-,26+/m0/s1. The zero-order chi connectivity index (χ0) is 24.4. The first-order valence-corrected chi connectivity index (χ1v) is 12.2. The second-order valence-electron chi connectivity index (χ2n) is 11.4. The van der Waals surface area contributed by atoms with Crippen molar-refractivity contribution in [3.05, 3.63) is 23.6 Å². The lowest BCUT2D eigenvalue weighted by Gasteiger charge is -2.60. The lowest BCUT2D eigenvalue weighted by atomic mass is 9.46. The number of hydrogen-bond donors (Lipinski definition) is 1. The number of hydrogen-bond acceptors (Lipinski definition) is 4. The van der Waals surface area contributed by atoms with Crippen LogP contribution in [0.4, 0.5) is 13.2 Å². The van der Waals surface area contributed by atoms with Crippen LogP contribution in [0.2, 0.25) is 0 Å². The van der Waals surface area contributed by atoms with E-state index in [4.69, 9.17) is 4.74 Å². The highest BCUT2D eigenvalue weighted by Gasteiger charge is 2.69. The smallest absolute Gasteiger partial charge is 0.308 e. The molecular formula is C26H35F3O4. The molecule has 0 amide bonds. The Hall–Kier alpha value is -1.63. The van der Waals surface area contributed by atoms with Gasteiger partial charge in [0.25, 0.3) is 0 Å². The van der Waals surface area contributed by atoms with Crippen molar-refractivity contribution in [2.75, 3.05) is 0 Å². The third-order valence-corrected chi connectivity index (χ3v) is 9.23. The molecule has 4 rings (SSSR count). The van der Waals surface area contributed by atoms with Gasteiger partial charge in [0.15, 0.2) is 5.83 Å². The number of fused-ring (bicyclic) bond motifs is 5. The molecule has 0 bridgehead atoms. The predicted octanol–water partition coefficient (Wildman–Crippen LogP) is 5.48. The molecule has 4 aliphatic carbocycles. The molecular weight excluding hydrogens is 433 g/mol. The van der Waals surface area contributed by atoms with Gasteiger partial charge >= 0.3 is 5.97 Å². The number of halogens is 3. The van der Waals surface area contributed by atoms with Crippen LogP contribution < -0.4 is 0 Å². The molecule has 1 unspecified atom stereocenters. The van der Waals surface area contributed by atoms with Crippen LogP contribution in [0.5, 0.6) is 0 Å². The van der Waals surface area contributed by atoms with Crippen LogP contribution >= 0.6 is 0 Å². The van der Waals surface area contributed by atoms with E-state index in [0.717, 1.165) is 12.5 Å². The number of ether oxygens (including phenoxy) is 1. The van der Waals surface area contributed by atoms with Crippen LogP contribution in [0, 0.1) is 22.7 Å². The maximum Gasteiger partial charge on any atom is 0.308 e. The summed E-state index contributed by atoms with van der Waals surface area (Å²) >= 11 is 0. The molecule has 1 N–H and O–H groups in total. The Balaban J connectivity index is 1.59. The fourth-order valence-corrected chi connectivity index (χ4v) is 7.45. The van der Waals surface area contributed by atoms with Gasteiger partial charge < -0.3 is 9.84 Å². The molecule has 0 aromatic heterocycles. The molecule has 0 saturated heterocycles. The van der Waals surface area contributed by atoms with Gasteiger partial charge in [0.05, 0.1) is 12.0 Å². The fourth-order valence-electron chi connectivity index (χ4n) is 7.45. The van der Waals surface area contributed by atoms with E-state index in [1.807, 2.05) is 13.8 Å². The molecule has 8 atom stereocenters. The first-order valence-electron chi connectivity index (χ1n) is 12.2. The van der Waals surface area contributed by atoms with Crippen molar-refractivity contribution in [2.45, 2.75) is 103 Å². The lowest BCUT2D eigenvalue weighted by Crippen LogP contribution is -2.62. The zero-order valence-electron chi connectivity index (χ0n) is 19.9. The van der Waals surface area contributed by atoms with Crippen molar-refractivity contribution in [3.63, 3.8) is 0 Å². The lowest BCUT2D eigenvalue weighted by molar-refractivity contribution is -0.174. The van der Waals surface area contributed by atoms with Crippen molar-refractivity contribution in [1.29, 1.82) is 0 Å². The van der Waals surface area contributed by atoms with Crippen molar-refractivity contribution in [1.82, 2.24) is 0 Å². The number of rotatable bonds is 5. The minimum Gasteiger partial charge on any atom is -0.462 e. The average Bonchev–Trinajstić information content (AvgIpc) is 3.03. The average molecular weight is 469 g/mol. The van der Waals surface area contributed by atoms with Crippen LogP contribution in [0.15, 0.2) is 23.6 Å². The maximum atomic E-state index is 16.8. The number of ketones is 1. The van der Waals surface area contributed by atoms with Gasteiger partial charge in [-0.25, -0.2) is 13.2 Å². The third-order valence-electron chi connectivity index (χ3n) is 9.23. The normalized spacial score (nSPS) is 44.1. The highest BCUT2D eigenvalue weighted by atomic mass is 19.2. The molecule has 0 heterocycles. The second-order valence-corrected chi connectivity index (χ2v) is 11.4. The highest BCUT2D eigenvalue weighted by molar-refractivity contribution is 6.04. The van der Waals surface area contributed by atoms with E-state index in [2.05, 4.69) is 0 Å². The molecule has 0 radical (unpaired) electrons. The largest absolute Gasteiger partial charge is 0.462 e. The third kappa shape index (κ3) is 3.60. The molecule has 0 aromatic carbocycles. The Morgan fingerprint density at radius 1 is 1.27 bits per heavy atom. The van der Waals surface area contributed by atoms with Gasteiger partial charge in [0.2, 0.25) is 5.78 Å². The molecule has 0 aromatic rings. The number of alkyl halides is 2. The molecule has 184 valence electrons.